The molecular weight excluding hydrogens is 226 g/mol. The molecule has 1 aliphatic rings. The van der Waals surface area contributed by atoms with Crippen LogP contribution in [-0.2, 0) is 11.2 Å². The summed E-state index contributed by atoms with van der Waals surface area (Å²) in [7, 11) is 0. The van der Waals surface area contributed by atoms with E-state index in [0.717, 1.165) is 37.3 Å². The summed E-state index contributed by atoms with van der Waals surface area (Å²) in [5, 5.41) is 2.94. The Labute approximate surface area is 108 Å². The number of amides is 1. The van der Waals surface area contributed by atoms with Crippen LogP contribution in [0.3, 0.4) is 0 Å². The van der Waals surface area contributed by atoms with Crippen molar-refractivity contribution in [2.24, 2.45) is 0 Å². The van der Waals surface area contributed by atoms with Crippen molar-refractivity contribution in [3.63, 3.8) is 0 Å². The predicted molar refractivity (Wildman–Crippen MR) is 74.7 cm³/mol. The first-order valence-corrected chi connectivity index (χ1v) is 6.57. The lowest BCUT2D eigenvalue weighted by Crippen LogP contribution is -2.44. The molecule has 0 bridgehead atoms. The van der Waals surface area contributed by atoms with E-state index in [2.05, 4.69) is 17.1 Å². The molecule has 1 amide bonds. The number of rotatable bonds is 4. The minimum absolute atomic E-state index is 0.0899. The molecule has 4 heteroatoms. The van der Waals surface area contributed by atoms with Crippen LogP contribution in [0.15, 0.2) is 18.2 Å². The van der Waals surface area contributed by atoms with Crippen molar-refractivity contribution in [2.75, 3.05) is 23.7 Å². The molecule has 2 rings (SSSR count). The van der Waals surface area contributed by atoms with Crippen molar-refractivity contribution in [1.82, 2.24) is 5.32 Å². The lowest BCUT2D eigenvalue weighted by atomic mass is 10.1. The van der Waals surface area contributed by atoms with E-state index >= 15 is 0 Å². The molecule has 1 unspecified atom stereocenters. The largest absolute Gasteiger partial charge is 0.398 e. The molecule has 0 aromatic heterocycles. The zero-order chi connectivity index (χ0) is 13.1. The number of nitrogens with two attached hydrogens (primary N) is 1. The van der Waals surface area contributed by atoms with Gasteiger partial charge in [0.05, 0.1) is 0 Å². The number of anilines is 2. The highest BCUT2D eigenvalue weighted by molar-refractivity contribution is 5.86. The second kappa shape index (κ2) is 5.29. The molecule has 0 radical (unpaired) electrons. The number of carbonyl (C=O) groups excluding carboxylic acids is 1. The van der Waals surface area contributed by atoms with Crippen LogP contribution in [0.5, 0.6) is 0 Å². The van der Waals surface area contributed by atoms with Gasteiger partial charge in [0.2, 0.25) is 5.91 Å². The molecular formula is C14H21N3O. The van der Waals surface area contributed by atoms with Crippen molar-refractivity contribution in [1.29, 1.82) is 0 Å². The fourth-order valence-corrected chi connectivity index (χ4v) is 2.43. The third-order valence-corrected chi connectivity index (χ3v) is 3.50. The van der Waals surface area contributed by atoms with Gasteiger partial charge in [-0.25, -0.2) is 0 Å². The average Bonchev–Trinajstić information content (AvgIpc) is 2.80. The Morgan fingerprint density at radius 3 is 3.06 bits per heavy atom. The maximum Gasteiger partial charge on any atom is 0.242 e. The molecule has 1 atom stereocenters. The van der Waals surface area contributed by atoms with Gasteiger partial charge in [-0.05, 0) is 31.9 Å². The summed E-state index contributed by atoms with van der Waals surface area (Å²) >= 11 is 0. The van der Waals surface area contributed by atoms with E-state index in [1.54, 1.807) is 0 Å². The van der Waals surface area contributed by atoms with Gasteiger partial charge in [0.1, 0.15) is 6.04 Å². The highest BCUT2D eigenvalue weighted by Gasteiger charge is 2.28. The normalized spacial score (nSPS) is 15.3. The Kier molecular flexibility index (Phi) is 3.75. The monoisotopic (exact) mass is 247 g/mol. The van der Waals surface area contributed by atoms with Crippen LogP contribution in [0.1, 0.15) is 25.8 Å². The number of fused-ring (bicyclic) bond motifs is 1. The Bertz CT molecular complexity index is 445. The Balaban J connectivity index is 2.13. The molecule has 1 aliphatic heterocycles. The topological polar surface area (TPSA) is 58.4 Å². The van der Waals surface area contributed by atoms with Gasteiger partial charge in [-0.2, -0.15) is 0 Å². The smallest absolute Gasteiger partial charge is 0.242 e. The average molecular weight is 247 g/mol. The van der Waals surface area contributed by atoms with Crippen molar-refractivity contribution in [2.45, 2.75) is 32.7 Å². The third-order valence-electron chi connectivity index (χ3n) is 3.50. The molecule has 18 heavy (non-hydrogen) atoms. The highest BCUT2D eigenvalue weighted by atomic mass is 16.2. The summed E-state index contributed by atoms with van der Waals surface area (Å²) in [4.78, 5) is 14.1. The summed E-state index contributed by atoms with van der Waals surface area (Å²) in [5.41, 5.74) is 9.07. The van der Waals surface area contributed by atoms with E-state index in [0.29, 0.717) is 0 Å². The van der Waals surface area contributed by atoms with E-state index < -0.39 is 0 Å². The molecule has 4 nitrogen and oxygen atoms in total. The Morgan fingerprint density at radius 2 is 2.33 bits per heavy atom. The van der Waals surface area contributed by atoms with E-state index in [9.17, 15) is 4.79 Å². The summed E-state index contributed by atoms with van der Waals surface area (Å²) < 4.78 is 0. The van der Waals surface area contributed by atoms with Gasteiger partial charge in [0.15, 0.2) is 0 Å². The maximum absolute atomic E-state index is 12.0. The van der Waals surface area contributed by atoms with E-state index in [1.165, 1.54) is 5.56 Å². The first-order valence-electron chi connectivity index (χ1n) is 6.57. The van der Waals surface area contributed by atoms with Gasteiger partial charge in [0, 0.05) is 30.0 Å². The van der Waals surface area contributed by atoms with E-state index in [1.807, 2.05) is 25.1 Å². The quantitative estimate of drug-likeness (QED) is 0.794. The minimum atomic E-state index is -0.139. The molecule has 1 aromatic carbocycles. The number of benzene rings is 1. The van der Waals surface area contributed by atoms with Crippen molar-refractivity contribution in [3.05, 3.63) is 23.8 Å². The first kappa shape index (κ1) is 12.7. The van der Waals surface area contributed by atoms with Crippen molar-refractivity contribution < 1.29 is 4.79 Å². The maximum atomic E-state index is 12.0. The lowest BCUT2D eigenvalue weighted by Gasteiger charge is -2.26. The predicted octanol–water partition coefficient (Wildman–Crippen LogP) is 1.55. The van der Waals surface area contributed by atoms with Gasteiger partial charge >= 0.3 is 0 Å². The number of nitrogen functional groups attached to an aromatic ring is 1. The van der Waals surface area contributed by atoms with Gasteiger partial charge < -0.3 is 16.0 Å². The fourth-order valence-electron chi connectivity index (χ4n) is 2.43. The second-order valence-corrected chi connectivity index (χ2v) is 4.76. The van der Waals surface area contributed by atoms with Crippen LogP contribution < -0.4 is 16.0 Å². The van der Waals surface area contributed by atoms with Gasteiger partial charge in [-0.1, -0.05) is 13.0 Å². The van der Waals surface area contributed by atoms with Crippen LogP contribution in [0, 0.1) is 0 Å². The standard InChI is InChI=1S/C14H21N3O/c1-3-8-16-14(18)10(2)17-9-7-11-12(15)5-4-6-13(11)17/h4-6,10H,3,7-9,15H2,1-2H3,(H,16,18). The molecule has 98 valence electrons. The summed E-state index contributed by atoms with van der Waals surface area (Å²) in [6.07, 6.45) is 1.88. The molecule has 0 spiro atoms. The number of hydrogen-bond donors (Lipinski definition) is 2. The highest BCUT2D eigenvalue weighted by Crippen LogP contribution is 2.33. The van der Waals surface area contributed by atoms with Crippen LogP contribution in [-0.4, -0.2) is 25.0 Å². The van der Waals surface area contributed by atoms with Gasteiger partial charge in [-0.3, -0.25) is 4.79 Å². The SMILES string of the molecule is CCCNC(=O)C(C)N1CCc2c(N)cccc21. The summed E-state index contributed by atoms with van der Waals surface area (Å²) in [6, 6.07) is 5.77. The van der Waals surface area contributed by atoms with Crippen LogP contribution in [0.25, 0.3) is 0 Å². The van der Waals surface area contributed by atoms with Crippen molar-refractivity contribution >= 4 is 17.3 Å². The van der Waals surface area contributed by atoms with Crippen LogP contribution >= 0.6 is 0 Å². The van der Waals surface area contributed by atoms with E-state index in [-0.39, 0.29) is 11.9 Å². The number of carbonyl (C=O) groups is 1. The molecule has 0 fully saturated rings. The number of nitrogens with one attached hydrogen (secondary N) is 1. The Hall–Kier alpha value is -1.71. The zero-order valence-corrected chi connectivity index (χ0v) is 11.1. The minimum Gasteiger partial charge on any atom is -0.398 e. The first-order chi connectivity index (χ1) is 8.65. The molecule has 1 aromatic rings. The lowest BCUT2D eigenvalue weighted by molar-refractivity contribution is -0.122. The van der Waals surface area contributed by atoms with Crippen LogP contribution in [0.2, 0.25) is 0 Å². The summed E-state index contributed by atoms with van der Waals surface area (Å²) in [5.74, 6) is 0.0899. The summed E-state index contributed by atoms with van der Waals surface area (Å²) in [6.45, 7) is 5.60. The van der Waals surface area contributed by atoms with Gasteiger partial charge in [0.25, 0.3) is 0 Å². The Morgan fingerprint density at radius 1 is 1.56 bits per heavy atom. The van der Waals surface area contributed by atoms with Crippen molar-refractivity contribution in [3.8, 4) is 0 Å². The molecule has 1 heterocycles. The number of nitrogens with zero attached hydrogens (tertiary/aromatic N) is 1. The fraction of sp³-hybridized carbons (Fsp3) is 0.500. The van der Waals surface area contributed by atoms with E-state index in [4.69, 9.17) is 5.73 Å². The van der Waals surface area contributed by atoms with Crippen LogP contribution in [0.4, 0.5) is 11.4 Å². The second-order valence-electron chi connectivity index (χ2n) is 4.76. The molecule has 0 saturated heterocycles. The molecule has 0 aliphatic carbocycles. The molecule has 0 saturated carbocycles. The third kappa shape index (κ3) is 2.28. The zero-order valence-electron chi connectivity index (χ0n) is 11.1. The van der Waals surface area contributed by atoms with Gasteiger partial charge in [-0.15, -0.1) is 0 Å². The molecule has 3 N–H and O–H groups in total. The number of hydrogen-bond acceptors (Lipinski definition) is 3.